The van der Waals surface area contributed by atoms with Crippen LogP contribution in [0, 0.1) is 0 Å². The average Bonchev–Trinajstić information content (AvgIpc) is 3.25. The fourth-order valence-corrected chi connectivity index (χ4v) is 2.94. The van der Waals surface area contributed by atoms with Gasteiger partial charge in [0.25, 0.3) is 0 Å². The van der Waals surface area contributed by atoms with Crippen molar-refractivity contribution in [3.05, 3.63) is 54.9 Å². The Bertz CT molecular complexity index is 1150. The van der Waals surface area contributed by atoms with Crippen LogP contribution in [0.3, 0.4) is 0 Å². The number of hydrogen-bond donors (Lipinski definition) is 2. The van der Waals surface area contributed by atoms with Gasteiger partial charge in [-0.3, -0.25) is 0 Å². The summed E-state index contributed by atoms with van der Waals surface area (Å²) in [5.74, 6) is 2.25. The molecule has 0 aliphatic carbocycles. The molecule has 0 fully saturated rings. The second kappa shape index (κ2) is 10.4. The Hall–Kier alpha value is -3.72. The maximum Gasteiger partial charge on any atom is 0.229 e. The second-order valence-corrected chi connectivity index (χ2v) is 6.33. The minimum atomic E-state index is 0.376. The van der Waals surface area contributed by atoms with Gasteiger partial charge in [0, 0.05) is 29.7 Å². The van der Waals surface area contributed by atoms with Crippen LogP contribution in [-0.4, -0.2) is 34.3 Å². The quantitative estimate of drug-likeness (QED) is 0.412. The van der Waals surface area contributed by atoms with E-state index in [1.165, 1.54) is 0 Å². The van der Waals surface area contributed by atoms with Crippen molar-refractivity contribution >= 4 is 40.1 Å². The van der Waals surface area contributed by atoms with Crippen molar-refractivity contribution in [2.45, 2.75) is 13.8 Å². The number of benzene rings is 1. The molecule has 0 atom stereocenters. The van der Waals surface area contributed by atoms with E-state index in [0.29, 0.717) is 39.6 Å². The van der Waals surface area contributed by atoms with E-state index in [9.17, 15) is 0 Å². The van der Waals surface area contributed by atoms with Crippen LogP contribution in [0.4, 0.5) is 11.5 Å². The van der Waals surface area contributed by atoms with Crippen LogP contribution >= 0.6 is 12.2 Å². The molecule has 0 spiro atoms. The van der Waals surface area contributed by atoms with Gasteiger partial charge in [-0.1, -0.05) is 13.8 Å². The Kier molecular flexibility index (Phi) is 7.34. The number of fused-ring (bicyclic) bond motifs is 1. The molecular weight excluding hydrogens is 414 g/mol. The third-order valence-corrected chi connectivity index (χ3v) is 4.26. The van der Waals surface area contributed by atoms with Crippen LogP contribution in [0.2, 0.25) is 0 Å². The van der Waals surface area contributed by atoms with Gasteiger partial charge in [0.15, 0.2) is 27.8 Å². The number of thiocarbonyl (C=S) groups is 1. The van der Waals surface area contributed by atoms with Crippen LogP contribution in [0.15, 0.2) is 59.3 Å². The van der Waals surface area contributed by atoms with Gasteiger partial charge in [0.05, 0.1) is 14.2 Å². The SMILES string of the molecule is CC.COc1ccc(NC(=S)Nc2cc(-c3nc4ncccc4o3)ccn2)cc1OC. The predicted octanol–water partition coefficient (Wildman–Crippen LogP) is 5.14. The zero-order chi connectivity index (χ0) is 22.2. The Balaban J connectivity index is 0.00000132. The van der Waals surface area contributed by atoms with Crippen LogP contribution in [0.1, 0.15) is 13.8 Å². The molecule has 31 heavy (non-hydrogen) atoms. The van der Waals surface area contributed by atoms with E-state index in [0.717, 1.165) is 11.3 Å². The number of aromatic nitrogens is 3. The molecule has 0 bridgehead atoms. The van der Waals surface area contributed by atoms with Gasteiger partial charge in [0.2, 0.25) is 5.89 Å². The molecule has 8 nitrogen and oxygen atoms in total. The van der Waals surface area contributed by atoms with Gasteiger partial charge in [-0.2, -0.15) is 4.98 Å². The predicted molar refractivity (Wildman–Crippen MR) is 126 cm³/mol. The summed E-state index contributed by atoms with van der Waals surface area (Å²) >= 11 is 5.39. The van der Waals surface area contributed by atoms with Crippen molar-refractivity contribution < 1.29 is 13.9 Å². The summed E-state index contributed by atoms with van der Waals surface area (Å²) in [7, 11) is 3.16. The van der Waals surface area contributed by atoms with Crippen LogP contribution in [-0.2, 0) is 0 Å². The number of anilines is 2. The van der Waals surface area contributed by atoms with Gasteiger partial charge in [0.1, 0.15) is 5.82 Å². The number of methoxy groups -OCH3 is 2. The third-order valence-electron chi connectivity index (χ3n) is 4.05. The maximum atomic E-state index is 5.75. The Morgan fingerprint density at radius 3 is 2.48 bits per heavy atom. The van der Waals surface area contributed by atoms with E-state index >= 15 is 0 Å². The number of nitrogens with zero attached hydrogens (tertiary/aromatic N) is 3. The first-order valence-corrected chi connectivity index (χ1v) is 10.0. The lowest BCUT2D eigenvalue weighted by Crippen LogP contribution is -2.19. The van der Waals surface area contributed by atoms with E-state index in [-0.39, 0.29) is 0 Å². The highest BCUT2D eigenvalue weighted by molar-refractivity contribution is 7.80. The lowest BCUT2D eigenvalue weighted by Gasteiger charge is -2.13. The summed E-state index contributed by atoms with van der Waals surface area (Å²) in [6, 6.07) is 12.7. The largest absolute Gasteiger partial charge is 0.493 e. The van der Waals surface area contributed by atoms with Crippen molar-refractivity contribution in [2.75, 3.05) is 24.9 Å². The molecule has 2 N–H and O–H groups in total. The Morgan fingerprint density at radius 2 is 1.74 bits per heavy atom. The molecule has 0 amide bonds. The highest BCUT2D eigenvalue weighted by Crippen LogP contribution is 2.30. The zero-order valence-corrected chi connectivity index (χ0v) is 18.5. The minimum absolute atomic E-state index is 0.376. The fourth-order valence-electron chi connectivity index (χ4n) is 2.72. The van der Waals surface area contributed by atoms with E-state index in [1.807, 2.05) is 26.0 Å². The zero-order valence-electron chi connectivity index (χ0n) is 17.7. The van der Waals surface area contributed by atoms with Crippen molar-refractivity contribution in [1.82, 2.24) is 15.0 Å². The highest BCUT2D eigenvalue weighted by Gasteiger charge is 2.11. The highest BCUT2D eigenvalue weighted by atomic mass is 32.1. The molecule has 0 saturated carbocycles. The van der Waals surface area contributed by atoms with E-state index in [2.05, 4.69) is 25.6 Å². The molecule has 0 radical (unpaired) electrons. The van der Waals surface area contributed by atoms with E-state index in [1.54, 1.807) is 56.9 Å². The number of hydrogen-bond acceptors (Lipinski definition) is 7. The average molecular weight is 438 g/mol. The number of pyridine rings is 2. The number of oxazole rings is 1. The van der Waals surface area contributed by atoms with Crippen LogP contribution in [0.25, 0.3) is 22.7 Å². The molecular formula is C22H23N5O3S. The molecule has 0 aliphatic heterocycles. The molecule has 1 aromatic carbocycles. The summed E-state index contributed by atoms with van der Waals surface area (Å²) < 4.78 is 16.3. The first-order chi connectivity index (χ1) is 15.2. The van der Waals surface area contributed by atoms with Gasteiger partial charge in [-0.05, 0) is 48.6 Å². The molecule has 3 aromatic heterocycles. The summed E-state index contributed by atoms with van der Waals surface area (Å²) in [6.45, 7) is 4.00. The maximum absolute atomic E-state index is 5.75. The number of nitrogens with one attached hydrogen (secondary N) is 2. The summed E-state index contributed by atoms with van der Waals surface area (Å²) in [6.07, 6.45) is 3.32. The monoisotopic (exact) mass is 437 g/mol. The number of rotatable bonds is 5. The smallest absolute Gasteiger partial charge is 0.229 e. The molecule has 4 rings (SSSR count). The lowest BCUT2D eigenvalue weighted by molar-refractivity contribution is 0.355. The molecule has 0 unspecified atom stereocenters. The van der Waals surface area contributed by atoms with Gasteiger partial charge < -0.3 is 24.5 Å². The van der Waals surface area contributed by atoms with Crippen molar-refractivity contribution in [3.8, 4) is 23.0 Å². The van der Waals surface area contributed by atoms with E-state index < -0.39 is 0 Å². The normalized spacial score (nSPS) is 10.1. The number of ether oxygens (including phenoxy) is 2. The first-order valence-electron chi connectivity index (χ1n) is 9.64. The Morgan fingerprint density at radius 1 is 0.935 bits per heavy atom. The molecule has 0 saturated heterocycles. The molecule has 9 heteroatoms. The molecule has 160 valence electrons. The van der Waals surface area contributed by atoms with Crippen LogP contribution in [0.5, 0.6) is 11.5 Å². The third kappa shape index (κ3) is 5.26. The van der Waals surface area contributed by atoms with E-state index in [4.69, 9.17) is 26.1 Å². The second-order valence-electron chi connectivity index (χ2n) is 5.92. The van der Waals surface area contributed by atoms with Crippen molar-refractivity contribution in [1.29, 1.82) is 0 Å². The summed E-state index contributed by atoms with van der Waals surface area (Å²) in [4.78, 5) is 12.9. The molecule has 3 heterocycles. The fraction of sp³-hybridized carbons (Fsp3) is 0.182. The van der Waals surface area contributed by atoms with Gasteiger partial charge in [-0.15, -0.1) is 0 Å². The van der Waals surface area contributed by atoms with Crippen molar-refractivity contribution in [2.24, 2.45) is 0 Å². The van der Waals surface area contributed by atoms with Crippen LogP contribution < -0.4 is 20.1 Å². The van der Waals surface area contributed by atoms with Gasteiger partial charge >= 0.3 is 0 Å². The minimum Gasteiger partial charge on any atom is -0.493 e. The Labute approximate surface area is 185 Å². The molecule has 0 aliphatic rings. The van der Waals surface area contributed by atoms with Crippen molar-refractivity contribution in [3.63, 3.8) is 0 Å². The molecule has 4 aromatic rings. The summed E-state index contributed by atoms with van der Waals surface area (Å²) in [5, 5.41) is 6.52. The standard InChI is InChI=1S/C20H17N5O3S.C2H6/c1-26-14-6-5-13(11-16(14)27-2)23-20(29)24-17-10-12(7-9-21-17)19-25-18-15(28-19)4-3-8-22-18;1-2/h3-11H,1-2H3,(H2,21,23,24,29);1-2H3. The lowest BCUT2D eigenvalue weighted by atomic mass is 10.2. The first kappa shape index (κ1) is 22.0. The summed E-state index contributed by atoms with van der Waals surface area (Å²) in [5.41, 5.74) is 2.69. The van der Waals surface area contributed by atoms with Gasteiger partial charge in [-0.25, -0.2) is 9.97 Å². The topological polar surface area (TPSA) is 94.3 Å².